The van der Waals surface area contributed by atoms with Crippen LogP contribution in [0.3, 0.4) is 0 Å². The molecule has 0 aliphatic heterocycles. The van der Waals surface area contributed by atoms with Crippen molar-refractivity contribution in [3.63, 3.8) is 0 Å². The molecule has 0 aliphatic rings. The van der Waals surface area contributed by atoms with E-state index in [4.69, 9.17) is 4.74 Å². The van der Waals surface area contributed by atoms with E-state index in [0.717, 1.165) is 5.56 Å². The number of esters is 1. The lowest BCUT2D eigenvalue weighted by Gasteiger charge is -2.07. The van der Waals surface area contributed by atoms with Gasteiger partial charge in [-0.2, -0.15) is 0 Å². The van der Waals surface area contributed by atoms with Crippen molar-refractivity contribution in [2.24, 2.45) is 0 Å². The normalized spacial score (nSPS) is 10.2. The van der Waals surface area contributed by atoms with Crippen LogP contribution in [0.2, 0.25) is 0 Å². The summed E-state index contributed by atoms with van der Waals surface area (Å²) in [7, 11) is 0. The zero-order chi connectivity index (χ0) is 18.2. The van der Waals surface area contributed by atoms with Gasteiger partial charge in [0, 0.05) is 24.1 Å². The third kappa shape index (κ3) is 5.28. The highest BCUT2D eigenvalue weighted by Gasteiger charge is 2.12. The van der Waals surface area contributed by atoms with Crippen LogP contribution in [0.5, 0.6) is 0 Å². The van der Waals surface area contributed by atoms with Crippen LogP contribution >= 0.6 is 0 Å². The van der Waals surface area contributed by atoms with Gasteiger partial charge < -0.3 is 10.1 Å². The number of rotatable bonds is 7. The lowest BCUT2D eigenvalue weighted by molar-refractivity contribution is -0.116. The molecule has 0 fully saturated rings. The predicted octanol–water partition coefficient (Wildman–Crippen LogP) is 3.77. The molecule has 2 aromatic carbocycles. The van der Waals surface area contributed by atoms with E-state index in [9.17, 15) is 14.4 Å². The van der Waals surface area contributed by atoms with Crippen LogP contribution in [-0.4, -0.2) is 24.3 Å². The van der Waals surface area contributed by atoms with Gasteiger partial charge >= 0.3 is 5.97 Å². The molecule has 0 saturated carbocycles. The third-order valence-corrected chi connectivity index (χ3v) is 3.70. The van der Waals surface area contributed by atoms with E-state index in [-0.39, 0.29) is 24.5 Å². The van der Waals surface area contributed by atoms with Crippen LogP contribution in [0.1, 0.15) is 46.0 Å². The van der Waals surface area contributed by atoms with Gasteiger partial charge in [-0.1, -0.05) is 24.3 Å². The molecule has 0 atom stereocenters. The van der Waals surface area contributed by atoms with Crippen molar-refractivity contribution in [1.29, 1.82) is 0 Å². The SMILES string of the molecule is CCOC(=O)c1ccc(NC(=O)CCC(=O)c2ccccc2C)cc1. The topological polar surface area (TPSA) is 72.5 Å². The van der Waals surface area contributed by atoms with Gasteiger partial charge in [0.25, 0.3) is 0 Å². The average molecular weight is 339 g/mol. The van der Waals surface area contributed by atoms with Gasteiger partial charge in [-0.05, 0) is 43.7 Å². The zero-order valence-electron chi connectivity index (χ0n) is 14.4. The number of nitrogens with one attached hydrogen (secondary N) is 1. The number of anilines is 1. The smallest absolute Gasteiger partial charge is 0.338 e. The molecule has 2 aromatic rings. The summed E-state index contributed by atoms with van der Waals surface area (Å²) in [6, 6.07) is 13.8. The van der Waals surface area contributed by atoms with E-state index < -0.39 is 5.97 Å². The maximum Gasteiger partial charge on any atom is 0.338 e. The Morgan fingerprint density at radius 2 is 1.64 bits per heavy atom. The number of Topliss-reactive ketones (excluding diaryl/α,β-unsaturated/α-hetero) is 1. The van der Waals surface area contributed by atoms with Crippen LogP contribution in [0.25, 0.3) is 0 Å². The van der Waals surface area contributed by atoms with Gasteiger partial charge in [-0.3, -0.25) is 9.59 Å². The Morgan fingerprint density at radius 3 is 2.28 bits per heavy atom. The summed E-state index contributed by atoms with van der Waals surface area (Å²) in [5.41, 5.74) is 2.55. The molecule has 0 unspecified atom stereocenters. The fourth-order valence-electron chi connectivity index (χ4n) is 2.38. The van der Waals surface area contributed by atoms with Crippen LogP contribution in [0.4, 0.5) is 5.69 Å². The number of hydrogen-bond donors (Lipinski definition) is 1. The Balaban J connectivity index is 1.87. The second-order valence-electron chi connectivity index (χ2n) is 5.58. The number of carbonyl (C=O) groups excluding carboxylic acids is 3. The number of amides is 1. The second-order valence-corrected chi connectivity index (χ2v) is 5.58. The van der Waals surface area contributed by atoms with E-state index >= 15 is 0 Å². The number of carbonyl (C=O) groups is 3. The third-order valence-electron chi connectivity index (χ3n) is 3.70. The Kier molecular flexibility index (Phi) is 6.46. The quantitative estimate of drug-likeness (QED) is 0.615. The summed E-state index contributed by atoms with van der Waals surface area (Å²) in [6.07, 6.45) is 0.254. The Hall–Kier alpha value is -2.95. The first-order chi connectivity index (χ1) is 12.0. The molecular formula is C20H21NO4. The fourth-order valence-corrected chi connectivity index (χ4v) is 2.38. The molecule has 0 heterocycles. The average Bonchev–Trinajstić information content (AvgIpc) is 2.61. The van der Waals surface area contributed by atoms with Crippen LogP contribution in [0.15, 0.2) is 48.5 Å². The first-order valence-electron chi connectivity index (χ1n) is 8.17. The number of hydrogen-bond acceptors (Lipinski definition) is 4. The molecule has 0 spiro atoms. The van der Waals surface area contributed by atoms with E-state index in [1.807, 2.05) is 25.1 Å². The highest BCUT2D eigenvalue weighted by atomic mass is 16.5. The molecule has 0 radical (unpaired) electrons. The minimum Gasteiger partial charge on any atom is -0.462 e. The molecular weight excluding hydrogens is 318 g/mol. The highest BCUT2D eigenvalue weighted by molar-refractivity contribution is 6.01. The van der Waals surface area contributed by atoms with Gasteiger partial charge in [-0.25, -0.2) is 4.79 Å². The van der Waals surface area contributed by atoms with Gasteiger partial charge in [0.05, 0.1) is 12.2 Å². The first-order valence-corrected chi connectivity index (χ1v) is 8.17. The first kappa shape index (κ1) is 18.4. The molecule has 0 aromatic heterocycles. The summed E-state index contributed by atoms with van der Waals surface area (Å²) in [4.78, 5) is 35.7. The number of aryl methyl sites for hydroxylation is 1. The van der Waals surface area contributed by atoms with E-state index in [2.05, 4.69) is 5.32 Å². The van der Waals surface area contributed by atoms with Gasteiger partial charge in [0.1, 0.15) is 0 Å². The van der Waals surface area contributed by atoms with E-state index in [0.29, 0.717) is 23.4 Å². The molecule has 5 heteroatoms. The Morgan fingerprint density at radius 1 is 0.960 bits per heavy atom. The van der Waals surface area contributed by atoms with Gasteiger partial charge in [-0.15, -0.1) is 0 Å². The maximum absolute atomic E-state index is 12.2. The molecule has 0 aliphatic carbocycles. The van der Waals surface area contributed by atoms with Crippen LogP contribution in [0, 0.1) is 6.92 Å². The Labute approximate surface area is 147 Å². The van der Waals surface area contributed by atoms with Crippen molar-refractivity contribution in [3.05, 3.63) is 65.2 Å². The molecule has 1 N–H and O–H groups in total. The summed E-state index contributed by atoms with van der Waals surface area (Å²) in [5.74, 6) is -0.694. The minimum atomic E-state index is -0.399. The van der Waals surface area contributed by atoms with Crippen LogP contribution < -0.4 is 5.32 Å². The number of ether oxygens (including phenoxy) is 1. The second kappa shape index (κ2) is 8.78. The van der Waals surface area contributed by atoms with E-state index in [1.54, 1.807) is 37.3 Å². The lowest BCUT2D eigenvalue weighted by Crippen LogP contribution is -2.14. The van der Waals surface area contributed by atoms with Crippen molar-refractivity contribution in [2.45, 2.75) is 26.7 Å². The Bertz CT molecular complexity index is 766. The number of benzene rings is 2. The van der Waals surface area contributed by atoms with Crippen molar-refractivity contribution in [1.82, 2.24) is 0 Å². The zero-order valence-corrected chi connectivity index (χ0v) is 14.4. The largest absolute Gasteiger partial charge is 0.462 e. The summed E-state index contributed by atoms with van der Waals surface area (Å²) in [5, 5.41) is 2.72. The molecule has 5 nitrogen and oxygen atoms in total. The number of ketones is 1. The van der Waals surface area contributed by atoms with Crippen molar-refractivity contribution < 1.29 is 19.1 Å². The van der Waals surface area contributed by atoms with Crippen molar-refractivity contribution in [2.75, 3.05) is 11.9 Å². The fraction of sp³-hybridized carbons (Fsp3) is 0.250. The monoisotopic (exact) mass is 339 g/mol. The molecule has 25 heavy (non-hydrogen) atoms. The molecule has 1 amide bonds. The molecule has 0 bridgehead atoms. The standard InChI is InChI=1S/C20H21NO4/c1-3-25-20(24)15-8-10-16(11-9-15)21-19(23)13-12-18(22)17-7-5-4-6-14(17)2/h4-11H,3,12-13H2,1-2H3,(H,21,23). The molecule has 0 saturated heterocycles. The van der Waals surface area contributed by atoms with Crippen molar-refractivity contribution >= 4 is 23.3 Å². The van der Waals surface area contributed by atoms with Gasteiger partial charge in [0.2, 0.25) is 5.91 Å². The molecule has 2 rings (SSSR count). The predicted molar refractivity (Wildman–Crippen MR) is 95.8 cm³/mol. The minimum absolute atomic E-state index is 0.0501. The summed E-state index contributed by atoms with van der Waals surface area (Å²) in [6.45, 7) is 3.93. The summed E-state index contributed by atoms with van der Waals surface area (Å²) >= 11 is 0. The highest BCUT2D eigenvalue weighted by Crippen LogP contribution is 2.13. The molecule has 130 valence electrons. The van der Waals surface area contributed by atoms with Crippen LogP contribution in [-0.2, 0) is 9.53 Å². The summed E-state index contributed by atoms with van der Waals surface area (Å²) < 4.78 is 4.90. The van der Waals surface area contributed by atoms with E-state index in [1.165, 1.54) is 0 Å². The lowest BCUT2D eigenvalue weighted by atomic mass is 10.0. The maximum atomic E-state index is 12.2. The van der Waals surface area contributed by atoms with Crippen molar-refractivity contribution in [3.8, 4) is 0 Å². The van der Waals surface area contributed by atoms with Gasteiger partial charge in [0.15, 0.2) is 5.78 Å².